The molecule has 0 saturated carbocycles. The lowest BCUT2D eigenvalue weighted by Crippen LogP contribution is -2.18. The van der Waals surface area contributed by atoms with Crippen molar-refractivity contribution < 1.29 is 0 Å². The lowest BCUT2D eigenvalue weighted by Gasteiger charge is -2.11. The Morgan fingerprint density at radius 1 is 1.05 bits per heavy atom. The van der Waals surface area contributed by atoms with Crippen molar-refractivity contribution in [2.24, 2.45) is 0 Å². The Balaban J connectivity index is 1.86. The van der Waals surface area contributed by atoms with Crippen LogP contribution in [0.25, 0.3) is 0 Å². The van der Waals surface area contributed by atoms with Crippen molar-refractivity contribution >= 4 is 15.9 Å². The number of nitrogens with one attached hydrogen (secondary N) is 1. The zero-order valence-corrected chi connectivity index (χ0v) is 12.4. The number of hydrogen-bond acceptors (Lipinski definition) is 1. The Morgan fingerprint density at radius 2 is 1.74 bits per heavy atom. The summed E-state index contributed by atoms with van der Waals surface area (Å²) in [6.45, 7) is 2.83. The molecule has 2 aromatic rings. The molecule has 0 unspecified atom stereocenters. The van der Waals surface area contributed by atoms with E-state index < -0.39 is 0 Å². The monoisotopic (exact) mass is 313 g/mol. The minimum atomic E-state index is 0.304. The summed E-state index contributed by atoms with van der Waals surface area (Å²) >= 11 is 3.44. The van der Waals surface area contributed by atoms with Crippen LogP contribution in [0, 0.1) is 11.8 Å². The summed E-state index contributed by atoms with van der Waals surface area (Å²) in [5.41, 5.74) is 2.32. The molecule has 2 heteroatoms. The van der Waals surface area contributed by atoms with Crippen LogP contribution in [-0.2, 0) is 0 Å². The third-order valence-corrected chi connectivity index (χ3v) is 3.40. The molecule has 0 saturated heterocycles. The van der Waals surface area contributed by atoms with E-state index >= 15 is 0 Å². The lowest BCUT2D eigenvalue weighted by molar-refractivity contribution is 0.623. The molecule has 2 aromatic carbocycles. The predicted octanol–water partition coefficient (Wildman–Crippen LogP) is 4.15. The average molecular weight is 314 g/mol. The first kappa shape index (κ1) is 13.9. The van der Waals surface area contributed by atoms with Gasteiger partial charge in [0.1, 0.15) is 0 Å². The molecular weight excluding hydrogens is 298 g/mol. The Bertz CT molecular complexity index is 564. The molecule has 0 aliphatic heterocycles. The summed E-state index contributed by atoms with van der Waals surface area (Å²) in [5, 5.41) is 3.40. The molecule has 0 bridgehead atoms. The molecule has 1 N–H and O–H groups in total. The summed E-state index contributed by atoms with van der Waals surface area (Å²) in [7, 11) is 0. The third kappa shape index (κ3) is 4.55. The van der Waals surface area contributed by atoms with E-state index in [1.165, 1.54) is 5.56 Å². The number of rotatable bonds is 3. The zero-order chi connectivity index (χ0) is 13.5. The zero-order valence-electron chi connectivity index (χ0n) is 10.9. The quantitative estimate of drug-likeness (QED) is 0.839. The van der Waals surface area contributed by atoms with Crippen LogP contribution in [0.15, 0.2) is 59.1 Å². The molecule has 2 rings (SSSR count). The van der Waals surface area contributed by atoms with Gasteiger partial charge in [0.15, 0.2) is 0 Å². The van der Waals surface area contributed by atoms with Crippen molar-refractivity contribution in [1.82, 2.24) is 5.32 Å². The SMILES string of the molecule is C[C@@H](NCC#Cc1ccccc1)c1ccc(Br)cc1. The van der Waals surface area contributed by atoms with E-state index in [4.69, 9.17) is 0 Å². The highest BCUT2D eigenvalue weighted by molar-refractivity contribution is 9.10. The molecule has 0 radical (unpaired) electrons. The average Bonchev–Trinajstić information content (AvgIpc) is 2.45. The molecule has 96 valence electrons. The van der Waals surface area contributed by atoms with Crippen LogP contribution in [0.5, 0.6) is 0 Å². The van der Waals surface area contributed by atoms with Crippen LogP contribution in [-0.4, -0.2) is 6.54 Å². The minimum absolute atomic E-state index is 0.304. The van der Waals surface area contributed by atoms with Gasteiger partial charge in [-0.05, 0) is 36.8 Å². The molecule has 19 heavy (non-hydrogen) atoms. The van der Waals surface area contributed by atoms with Crippen molar-refractivity contribution in [2.75, 3.05) is 6.54 Å². The van der Waals surface area contributed by atoms with Crippen molar-refractivity contribution in [2.45, 2.75) is 13.0 Å². The molecule has 0 aliphatic carbocycles. The van der Waals surface area contributed by atoms with E-state index in [0.29, 0.717) is 12.6 Å². The normalized spacial score (nSPS) is 11.5. The summed E-state index contributed by atoms with van der Waals surface area (Å²) in [6.07, 6.45) is 0. The fraction of sp³-hybridized carbons (Fsp3) is 0.176. The molecule has 0 spiro atoms. The van der Waals surface area contributed by atoms with Gasteiger partial charge in [0.05, 0.1) is 6.54 Å². The summed E-state index contributed by atoms with van der Waals surface area (Å²) < 4.78 is 1.10. The van der Waals surface area contributed by atoms with Gasteiger partial charge in [0, 0.05) is 16.1 Å². The van der Waals surface area contributed by atoms with Gasteiger partial charge < -0.3 is 0 Å². The fourth-order valence-corrected chi connectivity index (χ4v) is 2.01. The highest BCUT2D eigenvalue weighted by Gasteiger charge is 2.02. The van der Waals surface area contributed by atoms with Gasteiger partial charge in [-0.1, -0.05) is 58.1 Å². The van der Waals surface area contributed by atoms with Crippen LogP contribution in [0.3, 0.4) is 0 Å². The molecule has 0 heterocycles. The Labute approximate surface area is 123 Å². The topological polar surface area (TPSA) is 12.0 Å². The van der Waals surface area contributed by atoms with Gasteiger partial charge in [-0.25, -0.2) is 0 Å². The van der Waals surface area contributed by atoms with Crippen molar-refractivity contribution in [3.8, 4) is 11.8 Å². The van der Waals surface area contributed by atoms with Crippen LogP contribution < -0.4 is 5.32 Å². The van der Waals surface area contributed by atoms with Gasteiger partial charge in [0.25, 0.3) is 0 Å². The van der Waals surface area contributed by atoms with E-state index in [9.17, 15) is 0 Å². The first-order valence-electron chi connectivity index (χ1n) is 6.28. The van der Waals surface area contributed by atoms with E-state index in [1.54, 1.807) is 0 Å². The standard InChI is InChI=1S/C17H16BrN/c1-14(16-9-11-17(18)12-10-16)19-13-5-8-15-6-3-2-4-7-15/h2-4,6-7,9-12,14,19H,13H2,1H3/t14-/m1/s1. The van der Waals surface area contributed by atoms with Gasteiger partial charge in [-0.2, -0.15) is 0 Å². The maximum absolute atomic E-state index is 3.44. The van der Waals surface area contributed by atoms with Crippen LogP contribution in [0.1, 0.15) is 24.1 Å². The van der Waals surface area contributed by atoms with Crippen LogP contribution in [0.4, 0.5) is 0 Å². The predicted molar refractivity (Wildman–Crippen MR) is 83.9 cm³/mol. The second kappa shape index (κ2) is 7.13. The number of benzene rings is 2. The highest BCUT2D eigenvalue weighted by atomic mass is 79.9. The molecule has 0 amide bonds. The molecule has 0 aromatic heterocycles. The Hall–Kier alpha value is -1.56. The first-order chi connectivity index (χ1) is 9.25. The summed E-state index contributed by atoms with van der Waals surface area (Å²) in [4.78, 5) is 0. The maximum atomic E-state index is 3.44. The largest absolute Gasteiger partial charge is 0.300 e. The van der Waals surface area contributed by atoms with Crippen LogP contribution >= 0.6 is 15.9 Å². The number of halogens is 1. The molecule has 0 fully saturated rings. The minimum Gasteiger partial charge on any atom is -0.300 e. The van der Waals surface area contributed by atoms with Crippen LogP contribution in [0.2, 0.25) is 0 Å². The van der Waals surface area contributed by atoms with Gasteiger partial charge in [0.2, 0.25) is 0 Å². The Morgan fingerprint density at radius 3 is 2.42 bits per heavy atom. The summed E-state index contributed by atoms with van der Waals surface area (Å²) in [6, 6.07) is 18.7. The fourth-order valence-electron chi connectivity index (χ4n) is 1.74. The van der Waals surface area contributed by atoms with Gasteiger partial charge in [-0.3, -0.25) is 5.32 Å². The van der Waals surface area contributed by atoms with Gasteiger partial charge in [-0.15, -0.1) is 0 Å². The second-order valence-corrected chi connectivity index (χ2v) is 5.24. The number of hydrogen-bond donors (Lipinski definition) is 1. The first-order valence-corrected chi connectivity index (χ1v) is 7.08. The lowest BCUT2D eigenvalue weighted by atomic mass is 10.1. The van der Waals surface area contributed by atoms with Crippen molar-refractivity contribution in [3.63, 3.8) is 0 Å². The van der Waals surface area contributed by atoms with E-state index in [1.807, 2.05) is 30.3 Å². The van der Waals surface area contributed by atoms with E-state index in [0.717, 1.165) is 10.0 Å². The van der Waals surface area contributed by atoms with Gasteiger partial charge >= 0.3 is 0 Å². The van der Waals surface area contributed by atoms with Crippen molar-refractivity contribution in [3.05, 3.63) is 70.2 Å². The Kier molecular flexibility index (Phi) is 5.20. The van der Waals surface area contributed by atoms with E-state index in [2.05, 4.69) is 64.3 Å². The molecular formula is C17H16BrN. The maximum Gasteiger partial charge on any atom is 0.0584 e. The molecule has 1 nitrogen and oxygen atoms in total. The van der Waals surface area contributed by atoms with Crippen molar-refractivity contribution in [1.29, 1.82) is 0 Å². The molecule has 1 atom stereocenters. The second-order valence-electron chi connectivity index (χ2n) is 4.32. The smallest absolute Gasteiger partial charge is 0.0584 e. The highest BCUT2D eigenvalue weighted by Crippen LogP contribution is 2.16. The van der Waals surface area contributed by atoms with E-state index in [-0.39, 0.29) is 0 Å². The summed E-state index contributed by atoms with van der Waals surface area (Å²) in [5.74, 6) is 6.28. The third-order valence-electron chi connectivity index (χ3n) is 2.87. The molecule has 0 aliphatic rings.